The highest BCUT2D eigenvalue weighted by Gasteiger charge is 2.25. The Morgan fingerprint density at radius 3 is 3.00 bits per heavy atom. The second-order valence-electron chi connectivity index (χ2n) is 6.87. The summed E-state index contributed by atoms with van der Waals surface area (Å²) in [6, 6.07) is 7.88. The van der Waals surface area contributed by atoms with E-state index in [9.17, 15) is 4.79 Å². The molecule has 0 bridgehead atoms. The van der Waals surface area contributed by atoms with Crippen LogP contribution in [0.3, 0.4) is 0 Å². The zero-order valence-corrected chi connectivity index (χ0v) is 14.4. The van der Waals surface area contributed by atoms with Gasteiger partial charge in [0.15, 0.2) is 0 Å². The van der Waals surface area contributed by atoms with Crippen LogP contribution in [0.2, 0.25) is 0 Å². The molecule has 0 saturated carbocycles. The average Bonchev–Trinajstić information content (AvgIpc) is 3.07. The van der Waals surface area contributed by atoms with Gasteiger partial charge in [-0.15, -0.1) is 0 Å². The van der Waals surface area contributed by atoms with E-state index >= 15 is 0 Å². The Kier molecular flexibility index (Phi) is 4.07. The number of aryl methyl sites for hydroxylation is 2. The molecule has 5 heteroatoms. The molecule has 0 spiro atoms. The van der Waals surface area contributed by atoms with E-state index in [-0.39, 0.29) is 11.8 Å². The molecule has 25 heavy (non-hydrogen) atoms. The van der Waals surface area contributed by atoms with Gasteiger partial charge in [0.2, 0.25) is 0 Å². The summed E-state index contributed by atoms with van der Waals surface area (Å²) in [5.41, 5.74) is 10.5. The van der Waals surface area contributed by atoms with E-state index in [0.29, 0.717) is 18.6 Å². The van der Waals surface area contributed by atoms with Gasteiger partial charge in [-0.2, -0.15) is 0 Å². The first-order chi connectivity index (χ1) is 12.1. The number of hydrogen-bond acceptors (Lipinski definition) is 4. The minimum atomic E-state index is -0.390. The second-order valence-corrected chi connectivity index (χ2v) is 6.87. The molecule has 0 fully saturated rings. The van der Waals surface area contributed by atoms with Crippen LogP contribution in [0.15, 0.2) is 24.3 Å². The fourth-order valence-electron chi connectivity index (χ4n) is 3.83. The predicted octanol–water partition coefficient (Wildman–Crippen LogP) is 2.47. The number of aromatic nitrogens is 1. The highest BCUT2D eigenvalue weighted by Crippen LogP contribution is 2.33. The van der Waals surface area contributed by atoms with Gasteiger partial charge in [0.05, 0.1) is 25.0 Å². The number of rotatable bonds is 4. The number of methoxy groups -OCH3 is 1. The Bertz CT molecular complexity index is 832. The normalized spacial score (nSPS) is 18.2. The standard InChI is InChI=1S/C20H22N2O3/c1-24-15-6-5-14-7-12(11-25-19(14)10-15)8-18-16(20(21)23)9-13-3-2-4-17(13)22-18/h5-6,9-10,12H,2-4,7-8,11H2,1H3,(H2,21,23)/t12-/m1/s1. The van der Waals surface area contributed by atoms with Crippen molar-refractivity contribution < 1.29 is 14.3 Å². The number of fused-ring (bicyclic) bond motifs is 2. The van der Waals surface area contributed by atoms with Gasteiger partial charge in [-0.25, -0.2) is 0 Å². The van der Waals surface area contributed by atoms with E-state index in [0.717, 1.165) is 48.6 Å². The molecular weight excluding hydrogens is 316 g/mol. The monoisotopic (exact) mass is 338 g/mol. The minimum absolute atomic E-state index is 0.283. The SMILES string of the molecule is COc1ccc2c(c1)OC[C@@H](Cc1nc3c(cc1C(N)=O)CCC3)C2. The number of hydrogen-bond donors (Lipinski definition) is 1. The largest absolute Gasteiger partial charge is 0.497 e. The third-order valence-electron chi connectivity index (χ3n) is 5.13. The number of carbonyl (C=O) groups excluding carboxylic acids is 1. The van der Waals surface area contributed by atoms with Crippen molar-refractivity contribution in [2.45, 2.75) is 32.1 Å². The molecule has 0 unspecified atom stereocenters. The molecule has 1 atom stereocenters. The van der Waals surface area contributed by atoms with Crippen LogP contribution >= 0.6 is 0 Å². The molecule has 2 aromatic rings. The molecule has 5 nitrogen and oxygen atoms in total. The van der Waals surface area contributed by atoms with Gasteiger partial charge < -0.3 is 15.2 Å². The highest BCUT2D eigenvalue weighted by molar-refractivity contribution is 5.94. The van der Waals surface area contributed by atoms with Crippen LogP contribution in [0.1, 0.15) is 39.3 Å². The van der Waals surface area contributed by atoms with Gasteiger partial charge in [0.25, 0.3) is 5.91 Å². The van der Waals surface area contributed by atoms with Crippen LogP contribution in [0.5, 0.6) is 11.5 Å². The molecule has 1 aliphatic carbocycles. The number of amides is 1. The molecule has 130 valence electrons. The number of nitrogens with two attached hydrogens (primary N) is 1. The number of carbonyl (C=O) groups is 1. The second kappa shape index (κ2) is 6.39. The third kappa shape index (κ3) is 3.06. The molecule has 2 aliphatic rings. The van der Waals surface area contributed by atoms with Gasteiger partial charge >= 0.3 is 0 Å². The summed E-state index contributed by atoms with van der Waals surface area (Å²) in [5.74, 6) is 1.58. The summed E-state index contributed by atoms with van der Waals surface area (Å²) in [7, 11) is 1.65. The maximum Gasteiger partial charge on any atom is 0.250 e. The Morgan fingerprint density at radius 2 is 2.20 bits per heavy atom. The number of ether oxygens (including phenoxy) is 2. The third-order valence-corrected chi connectivity index (χ3v) is 5.13. The van der Waals surface area contributed by atoms with Gasteiger partial charge in [-0.1, -0.05) is 6.07 Å². The van der Waals surface area contributed by atoms with E-state index < -0.39 is 0 Å². The molecule has 1 amide bonds. The lowest BCUT2D eigenvalue weighted by molar-refractivity contribution is 0.0998. The lowest BCUT2D eigenvalue weighted by Gasteiger charge is -2.26. The Labute approximate surface area is 147 Å². The van der Waals surface area contributed by atoms with Crippen molar-refractivity contribution >= 4 is 5.91 Å². The molecule has 1 aromatic heterocycles. The first kappa shape index (κ1) is 15.9. The summed E-state index contributed by atoms with van der Waals surface area (Å²) in [6.07, 6.45) is 4.69. The van der Waals surface area contributed by atoms with E-state index in [2.05, 4.69) is 0 Å². The van der Waals surface area contributed by atoms with Crippen molar-refractivity contribution in [2.24, 2.45) is 11.7 Å². The maximum atomic E-state index is 11.9. The van der Waals surface area contributed by atoms with Crippen LogP contribution in [0.25, 0.3) is 0 Å². The summed E-state index contributed by atoms with van der Waals surface area (Å²) < 4.78 is 11.2. The number of benzene rings is 1. The van der Waals surface area contributed by atoms with Gasteiger partial charge in [0, 0.05) is 17.7 Å². The van der Waals surface area contributed by atoms with E-state index in [1.54, 1.807) is 7.11 Å². The van der Waals surface area contributed by atoms with E-state index in [1.807, 2.05) is 24.3 Å². The van der Waals surface area contributed by atoms with Crippen molar-refractivity contribution in [2.75, 3.05) is 13.7 Å². The zero-order valence-electron chi connectivity index (χ0n) is 14.4. The van der Waals surface area contributed by atoms with Gasteiger partial charge in [0.1, 0.15) is 11.5 Å². The topological polar surface area (TPSA) is 74.4 Å². The molecule has 0 radical (unpaired) electrons. The average molecular weight is 338 g/mol. The maximum absolute atomic E-state index is 11.9. The van der Waals surface area contributed by atoms with Crippen molar-refractivity contribution in [1.29, 1.82) is 0 Å². The van der Waals surface area contributed by atoms with Crippen molar-refractivity contribution in [1.82, 2.24) is 4.98 Å². The molecule has 2 heterocycles. The van der Waals surface area contributed by atoms with Crippen molar-refractivity contribution in [3.63, 3.8) is 0 Å². The van der Waals surface area contributed by atoms with Crippen LogP contribution in [0, 0.1) is 5.92 Å². The molecule has 4 rings (SSSR count). The lowest BCUT2D eigenvalue weighted by atomic mass is 9.91. The Hall–Kier alpha value is -2.56. The first-order valence-corrected chi connectivity index (χ1v) is 8.75. The Balaban J connectivity index is 1.57. The number of nitrogens with zero attached hydrogens (tertiary/aromatic N) is 1. The van der Waals surface area contributed by atoms with Crippen LogP contribution < -0.4 is 15.2 Å². The van der Waals surface area contributed by atoms with Crippen LogP contribution in [0.4, 0.5) is 0 Å². The highest BCUT2D eigenvalue weighted by atomic mass is 16.5. The fourth-order valence-corrected chi connectivity index (χ4v) is 3.83. The molecular formula is C20H22N2O3. The Morgan fingerprint density at radius 1 is 1.32 bits per heavy atom. The van der Waals surface area contributed by atoms with Crippen molar-refractivity contribution in [3.05, 3.63) is 52.3 Å². The lowest BCUT2D eigenvalue weighted by Crippen LogP contribution is -2.25. The quantitative estimate of drug-likeness (QED) is 0.929. The van der Waals surface area contributed by atoms with E-state index in [1.165, 1.54) is 11.1 Å². The first-order valence-electron chi connectivity index (χ1n) is 8.75. The molecule has 0 saturated heterocycles. The summed E-state index contributed by atoms with van der Waals surface area (Å²) in [6.45, 7) is 0.608. The number of primary amides is 1. The van der Waals surface area contributed by atoms with Crippen LogP contribution in [-0.2, 0) is 25.7 Å². The zero-order chi connectivity index (χ0) is 17.4. The van der Waals surface area contributed by atoms with E-state index in [4.69, 9.17) is 20.2 Å². The smallest absolute Gasteiger partial charge is 0.250 e. The fraction of sp³-hybridized carbons (Fsp3) is 0.400. The summed E-state index contributed by atoms with van der Waals surface area (Å²) >= 11 is 0. The van der Waals surface area contributed by atoms with Gasteiger partial charge in [-0.05, 0) is 55.4 Å². The van der Waals surface area contributed by atoms with Crippen molar-refractivity contribution in [3.8, 4) is 11.5 Å². The summed E-state index contributed by atoms with van der Waals surface area (Å²) in [4.78, 5) is 16.6. The number of pyridine rings is 1. The van der Waals surface area contributed by atoms with Gasteiger partial charge in [-0.3, -0.25) is 9.78 Å². The molecule has 1 aromatic carbocycles. The molecule has 1 aliphatic heterocycles. The summed E-state index contributed by atoms with van der Waals surface area (Å²) in [5, 5.41) is 0. The molecule has 2 N–H and O–H groups in total. The van der Waals surface area contributed by atoms with Crippen LogP contribution in [-0.4, -0.2) is 24.6 Å². The predicted molar refractivity (Wildman–Crippen MR) is 94.2 cm³/mol. The minimum Gasteiger partial charge on any atom is -0.497 e.